The van der Waals surface area contributed by atoms with Crippen LogP contribution in [0.1, 0.15) is 13.3 Å². The number of hydrogen-bond acceptors (Lipinski definition) is 5. The van der Waals surface area contributed by atoms with Gasteiger partial charge in [-0.1, -0.05) is 6.92 Å². The number of hydrogen-bond donors (Lipinski definition) is 3. The van der Waals surface area contributed by atoms with E-state index in [-0.39, 0.29) is 11.5 Å². The van der Waals surface area contributed by atoms with Gasteiger partial charge in [-0.3, -0.25) is 10.1 Å². The summed E-state index contributed by atoms with van der Waals surface area (Å²) in [5.41, 5.74) is 0. The smallest absolute Gasteiger partial charge is 0.320 e. The van der Waals surface area contributed by atoms with Crippen molar-refractivity contribution in [3.63, 3.8) is 0 Å². The van der Waals surface area contributed by atoms with Gasteiger partial charge < -0.3 is 10.2 Å². The van der Waals surface area contributed by atoms with Crippen LogP contribution in [-0.2, 0) is 14.6 Å². The fourth-order valence-electron chi connectivity index (χ4n) is 1.61. The van der Waals surface area contributed by atoms with Crippen molar-refractivity contribution in [3.8, 4) is 0 Å². The van der Waals surface area contributed by atoms with Crippen LogP contribution in [0.2, 0.25) is 0 Å². The van der Waals surface area contributed by atoms with Crippen LogP contribution in [0, 0.1) is 0 Å². The maximum absolute atomic E-state index is 11.1. The molecule has 3 atom stereocenters. The molecule has 6 nitrogen and oxygen atoms in total. The van der Waals surface area contributed by atoms with Crippen molar-refractivity contribution in [1.29, 1.82) is 0 Å². The predicted octanol–water partition coefficient (Wildman–Crippen LogP) is -1.40. The second-order valence-electron chi connectivity index (χ2n) is 3.72. The highest BCUT2D eigenvalue weighted by atomic mass is 32.2. The minimum atomic E-state index is -3.23. The standard InChI is InChI=1S/C8H15NO5S/c1-2-5(8(11)12)9-6-3-15(13,14)4-7(6)10/h5-7,9-10H,2-4H2,1H3,(H,11,12)/t5?,6?,7-/m0/s1. The van der Waals surface area contributed by atoms with Gasteiger partial charge in [0.1, 0.15) is 6.04 Å². The highest BCUT2D eigenvalue weighted by molar-refractivity contribution is 7.91. The van der Waals surface area contributed by atoms with Crippen LogP contribution in [-0.4, -0.2) is 54.3 Å². The number of carboxylic acids is 1. The third kappa shape index (κ3) is 3.15. The minimum Gasteiger partial charge on any atom is -0.480 e. The van der Waals surface area contributed by atoms with E-state index in [9.17, 15) is 18.3 Å². The summed E-state index contributed by atoms with van der Waals surface area (Å²) in [4.78, 5) is 10.7. The Bertz CT molecular complexity index is 339. The van der Waals surface area contributed by atoms with E-state index in [0.717, 1.165) is 0 Å². The topological polar surface area (TPSA) is 104 Å². The van der Waals surface area contributed by atoms with Crippen LogP contribution in [0.5, 0.6) is 0 Å². The van der Waals surface area contributed by atoms with E-state index in [2.05, 4.69) is 5.32 Å². The van der Waals surface area contributed by atoms with Gasteiger partial charge in [0.05, 0.1) is 17.6 Å². The summed E-state index contributed by atoms with van der Waals surface area (Å²) in [6.45, 7) is 1.68. The molecule has 88 valence electrons. The molecule has 0 saturated carbocycles. The summed E-state index contributed by atoms with van der Waals surface area (Å²) in [5, 5.41) is 20.8. The maximum Gasteiger partial charge on any atom is 0.320 e. The van der Waals surface area contributed by atoms with Gasteiger partial charge in [0, 0.05) is 6.04 Å². The average molecular weight is 237 g/mol. The van der Waals surface area contributed by atoms with Crippen molar-refractivity contribution < 1.29 is 23.4 Å². The Morgan fingerprint density at radius 2 is 2.13 bits per heavy atom. The maximum atomic E-state index is 11.1. The third-order valence-electron chi connectivity index (χ3n) is 2.44. The van der Waals surface area contributed by atoms with Crippen molar-refractivity contribution >= 4 is 15.8 Å². The Kier molecular flexibility index (Phi) is 3.69. The summed E-state index contributed by atoms with van der Waals surface area (Å²) in [5.74, 6) is -1.52. The molecular formula is C8H15NO5S. The van der Waals surface area contributed by atoms with Gasteiger partial charge in [-0.05, 0) is 6.42 Å². The van der Waals surface area contributed by atoms with Crippen molar-refractivity contribution in [2.45, 2.75) is 31.5 Å². The number of aliphatic hydroxyl groups is 1. The molecule has 0 aromatic heterocycles. The molecule has 15 heavy (non-hydrogen) atoms. The van der Waals surface area contributed by atoms with E-state index in [1.807, 2.05) is 0 Å². The van der Waals surface area contributed by atoms with Crippen molar-refractivity contribution in [2.24, 2.45) is 0 Å². The number of rotatable bonds is 4. The van der Waals surface area contributed by atoms with Crippen molar-refractivity contribution in [3.05, 3.63) is 0 Å². The van der Waals surface area contributed by atoms with Crippen LogP contribution in [0.3, 0.4) is 0 Å². The van der Waals surface area contributed by atoms with Gasteiger partial charge in [-0.25, -0.2) is 8.42 Å². The Morgan fingerprint density at radius 1 is 1.53 bits per heavy atom. The lowest BCUT2D eigenvalue weighted by atomic mass is 10.1. The molecule has 1 aliphatic heterocycles. The lowest BCUT2D eigenvalue weighted by molar-refractivity contribution is -0.139. The van der Waals surface area contributed by atoms with Gasteiger partial charge in [-0.15, -0.1) is 0 Å². The number of aliphatic hydroxyl groups excluding tert-OH is 1. The molecule has 3 N–H and O–H groups in total. The molecule has 0 radical (unpaired) electrons. The fourth-order valence-corrected chi connectivity index (χ4v) is 3.36. The van der Waals surface area contributed by atoms with Crippen LogP contribution in [0.25, 0.3) is 0 Å². The van der Waals surface area contributed by atoms with Gasteiger partial charge in [0.2, 0.25) is 0 Å². The Hall–Kier alpha value is -0.660. The zero-order valence-electron chi connectivity index (χ0n) is 8.38. The zero-order chi connectivity index (χ0) is 11.6. The Labute approximate surface area is 88.2 Å². The normalized spacial score (nSPS) is 31.3. The second-order valence-corrected chi connectivity index (χ2v) is 5.87. The van der Waals surface area contributed by atoms with Crippen LogP contribution >= 0.6 is 0 Å². The quantitative estimate of drug-likeness (QED) is 0.555. The molecule has 1 saturated heterocycles. The van der Waals surface area contributed by atoms with Gasteiger partial charge in [0.15, 0.2) is 9.84 Å². The molecule has 0 aromatic rings. The zero-order valence-corrected chi connectivity index (χ0v) is 9.20. The molecule has 0 spiro atoms. The molecule has 0 aliphatic carbocycles. The van der Waals surface area contributed by atoms with E-state index in [1.54, 1.807) is 6.92 Å². The van der Waals surface area contributed by atoms with Crippen LogP contribution < -0.4 is 5.32 Å². The molecule has 1 heterocycles. The van der Waals surface area contributed by atoms with E-state index in [4.69, 9.17) is 5.11 Å². The Morgan fingerprint density at radius 3 is 2.47 bits per heavy atom. The number of carboxylic acid groups (broad SMARTS) is 1. The van der Waals surface area contributed by atoms with Crippen molar-refractivity contribution in [2.75, 3.05) is 11.5 Å². The summed E-state index contributed by atoms with van der Waals surface area (Å²) < 4.78 is 22.3. The number of carbonyl (C=O) groups is 1. The first-order valence-corrected chi connectivity index (χ1v) is 6.55. The molecule has 7 heteroatoms. The molecule has 0 amide bonds. The average Bonchev–Trinajstić information content (AvgIpc) is 2.34. The molecule has 0 aromatic carbocycles. The SMILES string of the molecule is CCC(NC1CS(=O)(=O)C[C@@H]1O)C(=O)O. The monoisotopic (exact) mass is 237 g/mol. The summed E-state index contributed by atoms with van der Waals surface area (Å²) in [6.07, 6.45) is -0.665. The first-order chi connectivity index (χ1) is 6.85. The number of aliphatic carboxylic acids is 1. The van der Waals surface area contributed by atoms with Gasteiger partial charge in [-0.2, -0.15) is 0 Å². The van der Waals surface area contributed by atoms with E-state index >= 15 is 0 Å². The number of nitrogens with one attached hydrogen (secondary N) is 1. The highest BCUT2D eigenvalue weighted by Gasteiger charge is 2.38. The first kappa shape index (κ1) is 12.4. The summed E-state index contributed by atoms with van der Waals surface area (Å²) in [6, 6.07) is -1.48. The lowest BCUT2D eigenvalue weighted by Gasteiger charge is -2.19. The molecule has 1 aliphatic rings. The highest BCUT2D eigenvalue weighted by Crippen LogP contribution is 2.13. The summed E-state index contributed by atoms with van der Waals surface area (Å²) >= 11 is 0. The van der Waals surface area contributed by atoms with Crippen molar-refractivity contribution in [1.82, 2.24) is 5.32 Å². The third-order valence-corrected chi connectivity index (χ3v) is 4.16. The molecule has 2 unspecified atom stereocenters. The number of sulfone groups is 1. The first-order valence-electron chi connectivity index (χ1n) is 4.73. The van der Waals surface area contributed by atoms with Crippen LogP contribution in [0.4, 0.5) is 0 Å². The predicted molar refractivity (Wildman–Crippen MR) is 53.3 cm³/mol. The molecule has 1 fully saturated rings. The van der Waals surface area contributed by atoms with E-state index < -0.39 is 34.0 Å². The fraction of sp³-hybridized carbons (Fsp3) is 0.875. The Balaban J connectivity index is 2.63. The van der Waals surface area contributed by atoms with Crippen LogP contribution in [0.15, 0.2) is 0 Å². The van der Waals surface area contributed by atoms with Gasteiger partial charge in [0.25, 0.3) is 0 Å². The molecule has 1 rings (SSSR count). The van der Waals surface area contributed by atoms with E-state index in [0.29, 0.717) is 6.42 Å². The summed E-state index contributed by atoms with van der Waals surface area (Å²) in [7, 11) is -3.23. The minimum absolute atomic E-state index is 0.196. The second kappa shape index (κ2) is 4.46. The molecular weight excluding hydrogens is 222 g/mol. The molecule has 0 bridgehead atoms. The van der Waals surface area contributed by atoms with E-state index in [1.165, 1.54) is 0 Å². The largest absolute Gasteiger partial charge is 0.480 e. The lowest BCUT2D eigenvalue weighted by Crippen LogP contribution is -2.48. The van der Waals surface area contributed by atoms with Gasteiger partial charge >= 0.3 is 5.97 Å².